The Balaban J connectivity index is 2.75. The molecule has 4 nitrogen and oxygen atoms in total. The second-order valence-electron chi connectivity index (χ2n) is 4.49. The summed E-state index contributed by atoms with van der Waals surface area (Å²) >= 11 is 5.76. The molecule has 122 valence electrons. The molecule has 0 radical (unpaired) electrons. The van der Waals surface area contributed by atoms with Crippen LogP contribution < -0.4 is 5.32 Å². The molecule has 0 aromatic heterocycles. The van der Waals surface area contributed by atoms with Crippen LogP contribution in [-0.2, 0) is 20.8 Å². The third-order valence-electron chi connectivity index (χ3n) is 2.51. The number of benzene rings is 1. The van der Waals surface area contributed by atoms with Gasteiger partial charge in [0, 0.05) is 23.9 Å². The Morgan fingerprint density at radius 3 is 2.55 bits per heavy atom. The minimum Gasteiger partial charge on any atom is -0.352 e. The molecule has 0 fully saturated rings. The summed E-state index contributed by atoms with van der Waals surface area (Å²) in [6.07, 6.45) is -1.36. The number of carbonyl (C=O) groups is 1. The van der Waals surface area contributed by atoms with Gasteiger partial charge in [0.2, 0.25) is 5.91 Å². The summed E-state index contributed by atoms with van der Waals surface area (Å²) in [5.41, 5.74) is -0.844. The lowest BCUT2D eigenvalue weighted by Crippen LogP contribution is -2.27. The lowest BCUT2D eigenvalue weighted by atomic mass is 10.1. The number of alkyl halides is 3. The predicted molar refractivity (Wildman–Crippen MR) is 78.2 cm³/mol. The lowest BCUT2D eigenvalue weighted by molar-refractivity contribution is -0.137. The normalized spacial score (nSPS) is 12.6. The molecule has 0 aliphatic heterocycles. The number of sulfone groups is 1. The summed E-state index contributed by atoms with van der Waals surface area (Å²) < 4.78 is 59.5. The van der Waals surface area contributed by atoms with Gasteiger partial charge in [0.25, 0.3) is 0 Å². The van der Waals surface area contributed by atoms with Crippen LogP contribution >= 0.6 is 11.6 Å². The van der Waals surface area contributed by atoms with Gasteiger partial charge in [-0.3, -0.25) is 4.79 Å². The summed E-state index contributed by atoms with van der Waals surface area (Å²) in [5.74, 6) is -0.853. The second-order valence-corrected chi connectivity index (χ2v) is 7.16. The quantitative estimate of drug-likeness (QED) is 0.826. The molecule has 1 aromatic rings. The first-order valence-electron chi connectivity index (χ1n) is 5.99. The fourth-order valence-electron chi connectivity index (χ4n) is 1.43. The van der Waals surface area contributed by atoms with Crippen LogP contribution in [0.3, 0.4) is 0 Å². The van der Waals surface area contributed by atoms with E-state index in [2.05, 4.69) is 5.32 Å². The highest BCUT2D eigenvalue weighted by Crippen LogP contribution is 2.32. The third-order valence-corrected chi connectivity index (χ3v) is 3.80. The SMILES string of the molecule is CS(=O)(=O)CCNC(=O)/C=C/c1cc(C(F)(F)F)ccc1Cl. The molecule has 22 heavy (non-hydrogen) atoms. The molecule has 1 amide bonds. The fraction of sp³-hybridized carbons (Fsp3) is 0.308. The molecule has 0 aliphatic carbocycles. The van der Waals surface area contributed by atoms with Gasteiger partial charge in [0.05, 0.1) is 11.3 Å². The highest BCUT2D eigenvalue weighted by molar-refractivity contribution is 7.90. The van der Waals surface area contributed by atoms with Gasteiger partial charge in [-0.2, -0.15) is 13.2 Å². The van der Waals surface area contributed by atoms with Crippen LogP contribution in [0.15, 0.2) is 24.3 Å². The van der Waals surface area contributed by atoms with Crippen molar-refractivity contribution in [1.29, 1.82) is 0 Å². The zero-order valence-electron chi connectivity index (χ0n) is 11.4. The van der Waals surface area contributed by atoms with Crippen LogP contribution in [0.2, 0.25) is 5.02 Å². The average molecular weight is 356 g/mol. The maximum absolute atomic E-state index is 12.6. The molecule has 1 aromatic carbocycles. The van der Waals surface area contributed by atoms with Crippen LogP contribution in [-0.4, -0.2) is 32.9 Å². The molecule has 0 saturated carbocycles. The topological polar surface area (TPSA) is 63.2 Å². The Morgan fingerprint density at radius 1 is 1.36 bits per heavy atom. The van der Waals surface area contributed by atoms with Gasteiger partial charge in [0.1, 0.15) is 9.84 Å². The smallest absolute Gasteiger partial charge is 0.352 e. The van der Waals surface area contributed by atoms with Crippen molar-refractivity contribution in [2.24, 2.45) is 0 Å². The maximum atomic E-state index is 12.6. The Morgan fingerprint density at radius 2 is 2.00 bits per heavy atom. The van der Waals surface area contributed by atoms with E-state index in [-0.39, 0.29) is 22.9 Å². The molecule has 0 saturated heterocycles. The summed E-state index contributed by atoms with van der Waals surface area (Å²) in [7, 11) is -3.20. The van der Waals surface area contributed by atoms with Gasteiger partial charge < -0.3 is 5.32 Å². The number of hydrogen-bond donors (Lipinski definition) is 1. The van der Waals surface area contributed by atoms with E-state index in [9.17, 15) is 26.4 Å². The fourth-order valence-corrected chi connectivity index (χ4v) is 2.09. The molecular weight excluding hydrogens is 343 g/mol. The van der Waals surface area contributed by atoms with Gasteiger partial charge in [-0.25, -0.2) is 8.42 Å². The zero-order valence-corrected chi connectivity index (χ0v) is 13.0. The summed E-state index contributed by atoms with van der Waals surface area (Å²) in [6, 6.07) is 2.75. The molecule has 0 spiro atoms. The first-order chi connectivity index (χ1) is 9.99. The zero-order chi connectivity index (χ0) is 17.0. The van der Waals surface area contributed by atoms with Crippen molar-refractivity contribution < 1.29 is 26.4 Å². The van der Waals surface area contributed by atoms with Crippen molar-refractivity contribution in [3.05, 3.63) is 40.4 Å². The molecule has 0 heterocycles. The van der Waals surface area contributed by atoms with Gasteiger partial charge in [-0.1, -0.05) is 11.6 Å². The number of hydrogen-bond acceptors (Lipinski definition) is 3. The molecule has 0 bridgehead atoms. The molecular formula is C13H13ClF3NO3S. The van der Waals surface area contributed by atoms with Crippen LogP contribution in [0, 0.1) is 0 Å². The number of carbonyl (C=O) groups excluding carboxylic acids is 1. The van der Waals surface area contributed by atoms with Crippen LogP contribution in [0.5, 0.6) is 0 Å². The van der Waals surface area contributed by atoms with Crippen LogP contribution in [0.25, 0.3) is 6.08 Å². The standard InChI is InChI=1S/C13H13ClF3NO3S/c1-22(20,21)7-6-18-12(19)5-2-9-8-10(13(15,16)17)3-4-11(9)14/h2-5,8H,6-7H2,1H3,(H,18,19)/b5-2+. The monoisotopic (exact) mass is 355 g/mol. The number of rotatable bonds is 5. The van der Waals surface area contributed by atoms with Crippen molar-refractivity contribution >= 4 is 33.4 Å². The number of nitrogens with one attached hydrogen (secondary N) is 1. The van der Waals surface area contributed by atoms with Crippen molar-refractivity contribution in [3.63, 3.8) is 0 Å². The van der Waals surface area contributed by atoms with E-state index in [1.54, 1.807) is 0 Å². The predicted octanol–water partition coefficient (Wildman–Crippen LogP) is 2.53. The molecule has 0 atom stereocenters. The van der Waals surface area contributed by atoms with Crippen molar-refractivity contribution in [3.8, 4) is 0 Å². The van der Waals surface area contributed by atoms with E-state index >= 15 is 0 Å². The molecule has 1 N–H and O–H groups in total. The third kappa shape index (κ3) is 6.48. The van der Waals surface area contributed by atoms with E-state index in [4.69, 9.17) is 11.6 Å². The maximum Gasteiger partial charge on any atom is 0.416 e. The summed E-state index contributed by atoms with van der Waals surface area (Å²) in [5, 5.41) is 2.37. The van der Waals surface area contributed by atoms with Gasteiger partial charge in [-0.05, 0) is 29.8 Å². The van der Waals surface area contributed by atoms with Crippen molar-refractivity contribution in [2.45, 2.75) is 6.18 Å². The molecule has 9 heteroatoms. The van der Waals surface area contributed by atoms with Gasteiger partial charge in [-0.15, -0.1) is 0 Å². The van der Waals surface area contributed by atoms with E-state index in [1.165, 1.54) is 0 Å². The first-order valence-corrected chi connectivity index (χ1v) is 8.43. The lowest BCUT2D eigenvalue weighted by Gasteiger charge is -2.08. The minimum absolute atomic E-state index is 0.0368. The van der Waals surface area contributed by atoms with E-state index < -0.39 is 27.5 Å². The number of halogens is 4. The van der Waals surface area contributed by atoms with Gasteiger partial charge >= 0.3 is 6.18 Å². The Hall–Kier alpha value is -1.54. The van der Waals surface area contributed by atoms with E-state index in [0.717, 1.165) is 36.6 Å². The molecule has 1 rings (SSSR count). The molecule has 0 unspecified atom stereocenters. The van der Waals surface area contributed by atoms with E-state index in [0.29, 0.717) is 0 Å². The number of amides is 1. The second kappa shape index (κ2) is 7.15. The highest BCUT2D eigenvalue weighted by atomic mass is 35.5. The van der Waals surface area contributed by atoms with Crippen molar-refractivity contribution in [1.82, 2.24) is 5.32 Å². The Labute approximate surface area is 130 Å². The van der Waals surface area contributed by atoms with Crippen LogP contribution in [0.4, 0.5) is 13.2 Å². The summed E-state index contributed by atoms with van der Waals surface area (Å²) in [4.78, 5) is 11.4. The van der Waals surface area contributed by atoms with Gasteiger partial charge in [0.15, 0.2) is 0 Å². The summed E-state index contributed by atoms with van der Waals surface area (Å²) in [6.45, 7) is -0.0850. The van der Waals surface area contributed by atoms with E-state index in [1.807, 2.05) is 0 Å². The Kier molecular flexibility index (Phi) is 6.01. The largest absolute Gasteiger partial charge is 0.416 e. The first kappa shape index (κ1) is 18.5. The van der Waals surface area contributed by atoms with Crippen molar-refractivity contribution in [2.75, 3.05) is 18.6 Å². The Bertz CT molecular complexity index is 684. The molecule has 0 aliphatic rings. The highest BCUT2D eigenvalue weighted by Gasteiger charge is 2.30. The van der Waals surface area contributed by atoms with Crippen LogP contribution in [0.1, 0.15) is 11.1 Å². The average Bonchev–Trinajstić information content (AvgIpc) is 2.34. The minimum atomic E-state index is -4.51.